The van der Waals surface area contributed by atoms with E-state index in [4.69, 9.17) is 21.3 Å². The lowest BCUT2D eigenvalue weighted by atomic mass is 10.1. The molecule has 0 saturated carbocycles. The molecule has 0 radical (unpaired) electrons. The molecule has 0 aliphatic rings. The minimum Gasteiger partial charge on any atom is -0.497 e. The monoisotopic (exact) mass is 428 g/mol. The van der Waals surface area contributed by atoms with Gasteiger partial charge in [-0.25, -0.2) is 4.98 Å². The van der Waals surface area contributed by atoms with Crippen molar-refractivity contribution in [3.05, 3.63) is 70.3 Å². The lowest BCUT2D eigenvalue weighted by molar-refractivity contribution is 0.415. The second-order valence-electron chi connectivity index (χ2n) is 5.59. The largest absolute Gasteiger partial charge is 0.497 e. The molecule has 0 unspecified atom stereocenters. The predicted molar refractivity (Wildman–Crippen MR) is 107 cm³/mol. The number of anilines is 2. The number of hydrogen-bond acceptors (Lipinski definition) is 4. The Morgan fingerprint density at radius 3 is 2.77 bits per heavy atom. The molecule has 7 heteroatoms. The molecule has 0 aliphatic carbocycles. The summed E-state index contributed by atoms with van der Waals surface area (Å²) in [5.74, 6) is 1.54. The summed E-state index contributed by atoms with van der Waals surface area (Å²) in [6.45, 7) is 0. The standard InChI is InChI=1S/C19H14BrClN4O/c1-26-13-6-4-5-12(9-13)23-18-10-17(14-7-2-3-8-16(14)21)24-19-15(20)11-22-25(18)19/h2-11,23H,1H3. The van der Waals surface area contributed by atoms with Crippen LogP contribution in [-0.2, 0) is 0 Å². The third-order valence-electron chi connectivity index (χ3n) is 3.92. The quantitative estimate of drug-likeness (QED) is 0.461. The zero-order valence-electron chi connectivity index (χ0n) is 13.8. The Bertz CT molecular complexity index is 1100. The Morgan fingerprint density at radius 2 is 1.96 bits per heavy atom. The highest BCUT2D eigenvalue weighted by molar-refractivity contribution is 9.10. The summed E-state index contributed by atoms with van der Waals surface area (Å²) in [6, 6.07) is 17.3. The molecule has 1 N–H and O–H groups in total. The van der Waals surface area contributed by atoms with E-state index in [0.29, 0.717) is 10.7 Å². The molecule has 5 nitrogen and oxygen atoms in total. The molecule has 2 aromatic heterocycles. The fourth-order valence-electron chi connectivity index (χ4n) is 2.68. The van der Waals surface area contributed by atoms with Gasteiger partial charge in [0.2, 0.25) is 0 Å². The highest BCUT2D eigenvalue weighted by Crippen LogP contribution is 2.31. The number of fused-ring (bicyclic) bond motifs is 1. The highest BCUT2D eigenvalue weighted by Gasteiger charge is 2.13. The average molecular weight is 430 g/mol. The third-order valence-corrected chi connectivity index (χ3v) is 4.81. The van der Waals surface area contributed by atoms with Gasteiger partial charge in [-0.2, -0.15) is 9.61 Å². The first kappa shape index (κ1) is 16.9. The fourth-order valence-corrected chi connectivity index (χ4v) is 3.26. The molecular weight excluding hydrogens is 416 g/mol. The topological polar surface area (TPSA) is 51.5 Å². The van der Waals surface area contributed by atoms with Gasteiger partial charge >= 0.3 is 0 Å². The van der Waals surface area contributed by atoms with Crippen molar-refractivity contribution in [2.45, 2.75) is 0 Å². The van der Waals surface area contributed by atoms with Crippen molar-refractivity contribution in [3.63, 3.8) is 0 Å². The minimum atomic E-state index is 0.646. The molecule has 0 bridgehead atoms. The van der Waals surface area contributed by atoms with Crippen molar-refractivity contribution in [2.75, 3.05) is 12.4 Å². The maximum Gasteiger partial charge on any atom is 0.172 e. The number of halogens is 2. The van der Waals surface area contributed by atoms with E-state index < -0.39 is 0 Å². The number of ether oxygens (including phenoxy) is 1. The van der Waals surface area contributed by atoms with E-state index >= 15 is 0 Å². The number of methoxy groups -OCH3 is 1. The van der Waals surface area contributed by atoms with Gasteiger partial charge in [-0.1, -0.05) is 35.9 Å². The Morgan fingerprint density at radius 1 is 1.12 bits per heavy atom. The summed E-state index contributed by atoms with van der Waals surface area (Å²) in [4.78, 5) is 4.71. The molecule has 2 heterocycles. The lowest BCUT2D eigenvalue weighted by Gasteiger charge is -2.12. The number of nitrogens with one attached hydrogen (secondary N) is 1. The van der Waals surface area contributed by atoms with Crippen LogP contribution in [0.2, 0.25) is 5.02 Å². The lowest BCUT2D eigenvalue weighted by Crippen LogP contribution is -2.02. The molecule has 0 aliphatic heterocycles. The summed E-state index contributed by atoms with van der Waals surface area (Å²) in [6.07, 6.45) is 1.72. The van der Waals surface area contributed by atoms with Gasteiger partial charge in [0.25, 0.3) is 0 Å². The number of hydrogen-bond donors (Lipinski definition) is 1. The van der Waals surface area contributed by atoms with Gasteiger partial charge in [-0.15, -0.1) is 0 Å². The minimum absolute atomic E-state index is 0.646. The Hall–Kier alpha value is -2.57. The SMILES string of the molecule is COc1cccc(Nc2cc(-c3ccccc3Cl)nc3c(Br)cnn23)c1. The van der Waals surface area contributed by atoms with Crippen molar-refractivity contribution >= 4 is 44.7 Å². The van der Waals surface area contributed by atoms with Crippen molar-refractivity contribution in [1.29, 1.82) is 0 Å². The highest BCUT2D eigenvalue weighted by atomic mass is 79.9. The van der Waals surface area contributed by atoms with E-state index in [1.165, 1.54) is 0 Å². The smallest absolute Gasteiger partial charge is 0.172 e. The first-order valence-corrected chi connectivity index (χ1v) is 9.03. The molecule has 4 aromatic rings. The zero-order valence-corrected chi connectivity index (χ0v) is 16.1. The van der Waals surface area contributed by atoms with Crippen LogP contribution in [0.5, 0.6) is 5.75 Å². The van der Waals surface area contributed by atoms with E-state index in [0.717, 1.165) is 33.0 Å². The molecule has 0 amide bonds. The van der Waals surface area contributed by atoms with E-state index in [9.17, 15) is 0 Å². The van der Waals surface area contributed by atoms with Crippen LogP contribution in [0.1, 0.15) is 0 Å². The Labute approximate surface area is 163 Å². The number of nitrogens with zero attached hydrogens (tertiary/aromatic N) is 3. The van der Waals surface area contributed by atoms with Gasteiger partial charge in [-0.05, 0) is 34.1 Å². The van der Waals surface area contributed by atoms with E-state index in [1.807, 2.05) is 54.6 Å². The van der Waals surface area contributed by atoms with Crippen LogP contribution < -0.4 is 10.1 Å². The van der Waals surface area contributed by atoms with Crippen molar-refractivity contribution in [2.24, 2.45) is 0 Å². The molecule has 0 spiro atoms. The van der Waals surface area contributed by atoms with Crippen LogP contribution in [0.15, 0.2) is 65.3 Å². The Balaban J connectivity index is 1.86. The zero-order chi connectivity index (χ0) is 18.1. The average Bonchev–Trinajstić information content (AvgIpc) is 3.03. The second kappa shape index (κ2) is 6.97. The maximum absolute atomic E-state index is 6.36. The van der Waals surface area contributed by atoms with Gasteiger partial charge in [-0.3, -0.25) is 0 Å². The van der Waals surface area contributed by atoms with Crippen LogP contribution >= 0.6 is 27.5 Å². The second-order valence-corrected chi connectivity index (χ2v) is 6.85. The van der Waals surface area contributed by atoms with Gasteiger partial charge in [0.05, 0.1) is 23.5 Å². The van der Waals surface area contributed by atoms with Gasteiger partial charge < -0.3 is 10.1 Å². The summed E-state index contributed by atoms with van der Waals surface area (Å²) < 4.78 is 7.84. The van der Waals surface area contributed by atoms with Crippen LogP contribution in [-0.4, -0.2) is 21.7 Å². The van der Waals surface area contributed by atoms with Crippen LogP contribution in [0.4, 0.5) is 11.5 Å². The van der Waals surface area contributed by atoms with Crippen molar-refractivity contribution in [3.8, 4) is 17.0 Å². The first-order valence-electron chi connectivity index (χ1n) is 7.86. The summed E-state index contributed by atoms with van der Waals surface area (Å²) in [5.41, 5.74) is 3.20. The van der Waals surface area contributed by atoms with Gasteiger partial charge in [0.1, 0.15) is 11.6 Å². The molecule has 4 rings (SSSR count). The number of aromatic nitrogens is 3. The molecule has 26 heavy (non-hydrogen) atoms. The number of benzene rings is 2. The van der Waals surface area contributed by atoms with Crippen LogP contribution in [0.25, 0.3) is 16.9 Å². The predicted octanol–water partition coefficient (Wildman–Crippen LogP) is 5.56. The normalized spacial score (nSPS) is 10.9. The van der Waals surface area contributed by atoms with E-state index in [2.05, 4.69) is 26.3 Å². The molecule has 130 valence electrons. The summed E-state index contributed by atoms with van der Waals surface area (Å²) in [7, 11) is 1.64. The third kappa shape index (κ3) is 3.13. The molecular formula is C19H14BrClN4O. The molecule has 2 aromatic carbocycles. The van der Waals surface area contributed by atoms with Crippen LogP contribution in [0.3, 0.4) is 0 Å². The van der Waals surface area contributed by atoms with Crippen LogP contribution in [0, 0.1) is 0 Å². The fraction of sp³-hybridized carbons (Fsp3) is 0.0526. The summed E-state index contributed by atoms with van der Waals surface area (Å²) in [5, 5.41) is 8.42. The Kier molecular flexibility index (Phi) is 4.53. The molecule has 0 atom stereocenters. The van der Waals surface area contributed by atoms with Crippen molar-refractivity contribution in [1.82, 2.24) is 14.6 Å². The first-order chi connectivity index (χ1) is 12.7. The maximum atomic E-state index is 6.36. The van der Waals surface area contributed by atoms with Crippen molar-refractivity contribution < 1.29 is 4.74 Å². The molecule has 0 fully saturated rings. The van der Waals surface area contributed by atoms with Gasteiger partial charge in [0, 0.05) is 28.4 Å². The number of rotatable bonds is 4. The summed E-state index contributed by atoms with van der Waals surface area (Å²) >= 11 is 9.87. The van der Waals surface area contributed by atoms with Gasteiger partial charge in [0.15, 0.2) is 5.65 Å². The van der Waals surface area contributed by atoms with E-state index in [1.54, 1.807) is 17.8 Å². The molecule has 0 saturated heterocycles. The van der Waals surface area contributed by atoms with E-state index in [-0.39, 0.29) is 0 Å².